The lowest BCUT2D eigenvalue weighted by atomic mass is 9.88. The summed E-state index contributed by atoms with van der Waals surface area (Å²) >= 11 is 5.88. The number of hydrogen-bond donors (Lipinski definition) is 2. The highest BCUT2D eigenvalue weighted by Crippen LogP contribution is 2.39. The van der Waals surface area contributed by atoms with Gasteiger partial charge in [-0.15, -0.1) is 0 Å². The number of carbonyl (C=O) groups excluding carboxylic acids is 2. The van der Waals surface area contributed by atoms with E-state index in [1.807, 2.05) is 17.4 Å². The summed E-state index contributed by atoms with van der Waals surface area (Å²) < 4.78 is 61.1. The average Bonchev–Trinajstić information content (AvgIpc) is 3.53. The number of benzene rings is 3. The monoisotopic (exact) mass is 819 g/mol. The van der Waals surface area contributed by atoms with Crippen molar-refractivity contribution in [2.75, 3.05) is 42.9 Å². The van der Waals surface area contributed by atoms with E-state index >= 15 is 0 Å². The summed E-state index contributed by atoms with van der Waals surface area (Å²) in [4.78, 5) is 36.6. The average molecular weight is 820 g/mol. The lowest BCUT2D eigenvalue weighted by molar-refractivity contribution is -0.137. The Hall–Kier alpha value is -4.90. The third kappa shape index (κ3) is 8.54. The molecular weight excluding hydrogens is 779 g/mol. The van der Waals surface area contributed by atoms with Gasteiger partial charge in [0.05, 0.1) is 33.4 Å². The smallest absolute Gasteiger partial charge is 0.351 e. The number of imide groups is 1. The Labute approximate surface area is 335 Å². The molecule has 3 amide bonds. The van der Waals surface area contributed by atoms with Crippen LogP contribution in [0, 0.1) is 0 Å². The van der Waals surface area contributed by atoms with Crippen molar-refractivity contribution in [2.24, 2.45) is 7.05 Å². The highest BCUT2D eigenvalue weighted by Gasteiger charge is 2.35. The first-order valence-electron chi connectivity index (χ1n) is 18.9. The molecule has 3 aliphatic heterocycles. The second-order valence-electron chi connectivity index (χ2n) is 14.8. The summed E-state index contributed by atoms with van der Waals surface area (Å²) in [5, 5.41) is 11.5. The van der Waals surface area contributed by atoms with E-state index in [9.17, 15) is 27.0 Å². The number of carbonyl (C=O) groups is 2. The predicted molar refractivity (Wildman–Crippen MR) is 212 cm³/mol. The second-order valence-corrected chi connectivity index (χ2v) is 16.7. The fourth-order valence-electron chi connectivity index (χ4n) is 7.99. The summed E-state index contributed by atoms with van der Waals surface area (Å²) in [6, 6.07) is 16.9. The van der Waals surface area contributed by atoms with Gasteiger partial charge in [-0.1, -0.05) is 41.9 Å². The van der Waals surface area contributed by atoms with Crippen molar-refractivity contribution in [1.29, 1.82) is 0 Å². The molecule has 17 heteroatoms. The van der Waals surface area contributed by atoms with E-state index in [0.717, 1.165) is 42.4 Å². The van der Waals surface area contributed by atoms with E-state index in [-0.39, 0.29) is 36.4 Å². The number of piperidine rings is 2. The normalized spacial score (nSPS) is 18.6. The van der Waals surface area contributed by atoms with Gasteiger partial charge in [0, 0.05) is 51.1 Å². The van der Waals surface area contributed by atoms with Crippen molar-refractivity contribution >= 4 is 57.2 Å². The van der Waals surface area contributed by atoms with Gasteiger partial charge in [-0.3, -0.25) is 24.6 Å². The van der Waals surface area contributed by atoms with Crippen molar-refractivity contribution in [1.82, 2.24) is 34.3 Å². The number of alkyl halides is 3. The Balaban J connectivity index is 0.905. The van der Waals surface area contributed by atoms with E-state index < -0.39 is 28.8 Å². The van der Waals surface area contributed by atoms with E-state index in [4.69, 9.17) is 11.6 Å². The molecule has 57 heavy (non-hydrogen) atoms. The zero-order valence-electron chi connectivity index (χ0n) is 31.1. The maximum absolute atomic E-state index is 14.6. The SMILES string of the molecule is Cn1nc(N2CCC(=O)NC2=O)c2ccc(C3CCN(Cc4ccc(-c5cccc(S(=O)N6CCC(Nc7ncc(Cl)cn7)CC6)c5)c(C(F)(F)F)c4)CC3)cc21. The molecule has 12 nitrogen and oxygen atoms in total. The second kappa shape index (κ2) is 16.2. The van der Waals surface area contributed by atoms with Crippen LogP contribution in [-0.4, -0.2) is 83.9 Å². The number of anilines is 2. The van der Waals surface area contributed by atoms with Gasteiger partial charge in [0.15, 0.2) is 5.82 Å². The standard InChI is InChI=1S/C40H41ClF3N9O3S/c1-50-35-21-27(6-8-33(35)37(49-50)53-18-13-36(54)48-39(53)55)26-9-14-51(15-10-26)24-25-5-7-32(34(19-25)40(42,43)44)28-3-2-4-31(20-28)57(56)52-16-11-30(12-17-52)47-38-45-22-29(41)23-46-38/h2-8,19-23,26,30H,9-18,24H2,1H3,(H,45,46,47)(H,48,54,55). The number of likely N-dealkylation sites (tertiary alicyclic amines) is 1. The lowest BCUT2D eigenvalue weighted by Gasteiger charge is -2.32. The molecule has 0 bridgehead atoms. The van der Waals surface area contributed by atoms with Gasteiger partial charge in [-0.25, -0.2) is 23.3 Å². The van der Waals surface area contributed by atoms with Crippen molar-refractivity contribution in [3.8, 4) is 11.1 Å². The first kappa shape index (κ1) is 38.9. The molecule has 1 atom stereocenters. The first-order chi connectivity index (χ1) is 27.4. The Kier molecular flexibility index (Phi) is 11.0. The van der Waals surface area contributed by atoms with Crippen molar-refractivity contribution in [2.45, 2.75) is 61.7 Å². The van der Waals surface area contributed by atoms with E-state index in [0.29, 0.717) is 65.3 Å². The molecule has 0 spiro atoms. The molecule has 5 aromatic rings. The van der Waals surface area contributed by atoms with Gasteiger partial charge in [-0.05, 0) is 97.3 Å². The van der Waals surface area contributed by atoms with Crippen LogP contribution in [0.15, 0.2) is 78.0 Å². The summed E-state index contributed by atoms with van der Waals surface area (Å²) in [6.07, 6.45) is 1.74. The van der Waals surface area contributed by atoms with Crippen LogP contribution in [-0.2, 0) is 35.5 Å². The molecule has 0 saturated carbocycles. The fraction of sp³-hybridized carbons (Fsp3) is 0.375. The number of aryl methyl sites for hydroxylation is 1. The molecule has 0 radical (unpaired) electrons. The van der Waals surface area contributed by atoms with Gasteiger partial charge >= 0.3 is 12.2 Å². The maximum atomic E-state index is 14.6. The maximum Gasteiger partial charge on any atom is 0.417 e. The van der Waals surface area contributed by atoms with Crippen LogP contribution < -0.4 is 15.5 Å². The molecule has 2 N–H and O–H groups in total. The predicted octanol–water partition coefficient (Wildman–Crippen LogP) is 7.13. The molecule has 298 valence electrons. The van der Waals surface area contributed by atoms with E-state index in [2.05, 4.69) is 42.7 Å². The molecule has 3 fully saturated rings. The summed E-state index contributed by atoms with van der Waals surface area (Å²) in [5.41, 5.74) is 2.31. The Morgan fingerprint density at radius 1 is 0.930 bits per heavy atom. The number of halogens is 4. The number of nitrogens with zero attached hydrogens (tertiary/aromatic N) is 7. The largest absolute Gasteiger partial charge is 0.417 e. The van der Waals surface area contributed by atoms with Gasteiger partial charge in [0.25, 0.3) is 0 Å². The van der Waals surface area contributed by atoms with Gasteiger partial charge < -0.3 is 5.32 Å². The molecule has 3 aliphatic rings. The van der Waals surface area contributed by atoms with E-state index in [1.54, 1.807) is 35.0 Å². The molecule has 8 rings (SSSR count). The molecule has 5 heterocycles. The quantitative estimate of drug-likeness (QED) is 0.161. The molecule has 3 aromatic carbocycles. The van der Waals surface area contributed by atoms with Crippen LogP contribution in [0.4, 0.5) is 29.7 Å². The number of aromatic nitrogens is 4. The zero-order chi connectivity index (χ0) is 39.8. The fourth-order valence-corrected chi connectivity index (χ4v) is 9.35. The Morgan fingerprint density at radius 2 is 1.68 bits per heavy atom. The van der Waals surface area contributed by atoms with Crippen LogP contribution in [0.1, 0.15) is 54.7 Å². The first-order valence-corrected chi connectivity index (χ1v) is 20.4. The molecule has 1 unspecified atom stereocenters. The number of rotatable bonds is 9. The molecular formula is C40H41ClF3N9O3S. The topological polar surface area (TPSA) is 129 Å². The Morgan fingerprint density at radius 3 is 2.40 bits per heavy atom. The van der Waals surface area contributed by atoms with E-state index in [1.165, 1.54) is 29.4 Å². The van der Waals surface area contributed by atoms with Crippen LogP contribution in [0.2, 0.25) is 5.02 Å². The number of fused-ring (bicyclic) bond motifs is 1. The summed E-state index contributed by atoms with van der Waals surface area (Å²) in [5.74, 6) is 0.946. The van der Waals surface area contributed by atoms with Crippen LogP contribution >= 0.6 is 11.6 Å². The third-order valence-corrected chi connectivity index (χ3v) is 12.7. The van der Waals surface area contributed by atoms with Gasteiger partial charge in [-0.2, -0.15) is 18.3 Å². The number of amides is 3. The summed E-state index contributed by atoms with van der Waals surface area (Å²) in [7, 11) is 0.281. The Bertz CT molecular complexity index is 2330. The van der Waals surface area contributed by atoms with Crippen LogP contribution in [0.5, 0.6) is 0 Å². The highest BCUT2D eigenvalue weighted by atomic mass is 35.5. The van der Waals surface area contributed by atoms with Gasteiger partial charge in [0.1, 0.15) is 11.0 Å². The van der Waals surface area contributed by atoms with Crippen molar-refractivity contribution in [3.63, 3.8) is 0 Å². The van der Waals surface area contributed by atoms with Crippen molar-refractivity contribution in [3.05, 3.63) is 94.8 Å². The van der Waals surface area contributed by atoms with Crippen LogP contribution in [0.25, 0.3) is 22.0 Å². The zero-order valence-corrected chi connectivity index (χ0v) is 32.7. The van der Waals surface area contributed by atoms with Gasteiger partial charge in [0.2, 0.25) is 11.9 Å². The third-order valence-electron chi connectivity index (χ3n) is 11.0. The minimum atomic E-state index is -4.59. The molecule has 2 aromatic heterocycles. The number of hydrogen-bond acceptors (Lipinski definition) is 8. The van der Waals surface area contributed by atoms with Crippen LogP contribution in [0.3, 0.4) is 0 Å². The lowest BCUT2D eigenvalue weighted by Crippen LogP contribution is -2.49. The minimum Gasteiger partial charge on any atom is -0.351 e. The molecule has 3 saturated heterocycles. The molecule has 0 aliphatic carbocycles. The number of urea groups is 1. The number of nitrogens with one attached hydrogen (secondary N) is 2. The highest BCUT2D eigenvalue weighted by molar-refractivity contribution is 7.82. The summed E-state index contributed by atoms with van der Waals surface area (Å²) in [6.45, 7) is 3.17. The minimum absolute atomic E-state index is 0.0535. The van der Waals surface area contributed by atoms with Crippen molar-refractivity contribution < 1.29 is 27.0 Å².